The van der Waals surface area contributed by atoms with Crippen molar-refractivity contribution in [2.24, 2.45) is 0 Å². The molecule has 0 saturated carbocycles. The minimum atomic E-state index is -0.707. The largest absolute Gasteiger partial charge is 0.396 e. The number of nitro groups is 1. The molecule has 1 aromatic rings. The van der Waals surface area contributed by atoms with Crippen LogP contribution in [0.25, 0.3) is 6.08 Å². The number of hydrogen-bond acceptors (Lipinski definition) is 4. The molecule has 0 spiro atoms. The first-order chi connectivity index (χ1) is 7.57. The molecule has 6 nitrogen and oxygen atoms in total. The molecule has 0 aliphatic heterocycles. The van der Waals surface area contributed by atoms with Crippen LogP contribution in [0.2, 0.25) is 0 Å². The highest BCUT2D eigenvalue weighted by Gasteiger charge is 2.17. The zero-order valence-electron chi connectivity index (χ0n) is 8.77. The fourth-order valence-electron chi connectivity index (χ4n) is 1.30. The van der Waals surface area contributed by atoms with Crippen LogP contribution in [-0.4, -0.2) is 21.6 Å². The lowest BCUT2D eigenvalue weighted by atomic mass is 10.1. The molecule has 0 aromatic carbocycles. The van der Waals surface area contributed by atoms with Gasteiger partial charge in [-0.15, -0.1) is 0 Å². The van der Waals surface area contributed by atoms with E-state index in [0.29, 0.717) is 17.5 Å². The van der Waals surface area contributed by atoms with Crippen LogP contribution in [0, 0.1) is 17.0 Å². The summed E-state index contributed by atoms with van der Waals surface area (Å²) in [5.74, 6) is 0. The summed E-state index contributed by atoms with van der Waals surface area (Å²) in [4.78, 5) is 23.5. The van der Waals surface area contributed by atoms with Crippen LogP contribution >= 0.6 is 0 Å². The summed E-state index contributed by atoms with van der Waals surface area (Å²) in [5, 5.41) is 19.2. The Balaban J connectivity index is 3.19. The van der Waals surface area contributed by atoms with Crippen LogP contribution in [0.1, 0.15) is 17.5 Å². The highest BCUT2D eigenvalue weighted by atomic mass is 16.6. The number of H-pyrrole nitrogens is 1. The van der Waals surface area contributed by atoms with Gasteiger partial charge in [0.15, 0.2) is 0 Å². The van der Waals surface area contributed by atoms with Crippen LogP contribution in [0.4, 0.5) is 5.69 Å². The average Bonchev–Trinajstić information content (AvgIpc) is 2.21. The van der Waals surface area contributed by atoms with E-state index in [-0.39, 0.29) is 6.61 Å². The molecule has 1 rings (SSSR count). The van der Waals surface area contributed by atoms with E-state index in [9.17, 15) is 14.9 Å². The smallest absolute Gasteiger partial charge is 0.337 e. The van der Waals surface area contributed by atoms with Gasteiger partial charge in [-0.2, -0.15) is 0 Å². The van der Waals surface area contributed by atoms with Crippen molar-refractivity contribution in [3.05, 3.63) is 43.9 Å². The Morgan fingerprint density at radius 2 is 2.31 bits per heavy atom. The van der Waals surface area contributed by atoms with Gasteiger partial charge in [-0.3, -0.25) is 14.9 Å². The third-order valence-corrected chi connectivity index (χ3v) is 2.14. The second-order valence-corrected chi connectivity index (χ2v) is 3.22. The summed E-state index contributed by atoms with van der Waals surface area (Å²) in [5.41, 5.74) is -0.254. The van der Waals surface area contributed by atoms with Gasteiger partial charge in [0, 0.05) is 23.9 Å². The average molecular weight is 224 g/mol. The predicted octanol–water partition coefficient (Wildman–Crippen LogP) is 0.987. The maximum absolute atomic E-state index is 11.2. The van der Waals surface area contributed by atoms with Gasteiger partial charge in [0.1, 0.15) is 0 Å². The first-order valence-corrected chi connectivity index (χ1v) is 4.72. The monoisotopic (exact) mass is 224 g/mol. The summed E-state index contributed by atoms with van der Waals surface area (Å²) in [6.07, 6.45) is 5.20. The van der Waals surface area contributed by atoms with Crippen LogP contribution in [0.5, 0.6) is 0 Å². The number of aliphatic hydroxyl groups is 1. The third-order valence-electron chi connectivity index (χ3n) is 2.14. The number of aliphatic hydroxyl groups excluding tert-OH is 1. The molecule has 0 atom stereocenters. The number of hydrogen-bond donors (Lipinski definition) is 2. The number of aromatic nitrogens is 1. The van der Waals surface area contributed by atoms with E-state index < -0.39 is 16.2 Å². The first-order valence-electron chi connectivity index (χ1n) is 4.72. The molecule has 0 aliphatic carbocycles. The van der Waals surface area contributed by atoms with E-state index in [1.165, 1.54) is 13.1 Å². The van der Waals surface area contributed by atoms with Crippen molar-refractivity contribution < 1.29 is 10.0 Å². The van der Waals surface area contributed by atoms with Crippen molar-refractivity contribution in [1.82, 2.24) is 4.98 Å². The van der Waals surface area contributed by atoms with E-state index in [0.717, 1.165) is 0 Å². The molecule has 1 aromatic heterocycles. The number of nitrogens with one attached hydrogen (secondary N) is 1. The molecular weight excluding hydrogens is 212 g/mol. The van der Waals surface area contributed by atoms with E-state index in [2.05, 4.69) is 4.98 Å². The van der Waals surface area contributed by atoms with Crippen molar-refractivity contribution in [2.75, 3.05) is 6.61 Å². The number of pyridine rings is 1. The fraction of sp³-hybridized carbons (Fsp3) is 0.300. The molecule has 0 bridgehead atoms. The fourth-order valence-corrected chi connectivity index (χ4v) is 1.30. The van der Waals surface area contributed by atoms with Crippen molar-refractivity contribution in [3.8, 4) is 0 Å². The molecule has 6 heteroatoms. The molecule has 0 unspecified atom stereocenters. The van der Waals surface area contributed by atoms with Gasteiger partial charge in [0.25, 0.3) is 0 Å². The van der Waals surface area contributed by atoms with Crippen molar-refractivity contribution in [1.29, 1.82) is 0 Å². The molecule has 2 N–H and O–H groups in total. The van der Waals surface area contributed by atoms with Gasteiger partial charge in [0.05, 0.1) is 4.92 Å². The number of nitrogens with zero attached hydrogens (tertiary/aromatic N) is 1. The van der Waals surface area contributed by atoms with Gasteiger partial charge in [-0.1, -0.05) is 12.2 Å². The third kappa shape index (κ3) is 2.54. The topological polar surface area (TPSA) is 96.2 Å². The summed E-state index contributed by atoms with van der Waals surface area (Å²) in [6.45, 7) is 1.53. The maximum Gasteiger partial charge on any atom is 0.337 e. The zero-order chi connectivity index (χ0) is 12.1. The SMILES string of the molecule is Cc1c(C=CCCO)c[nH]c(=O)c1[N+](=O)[O-]. The Morgan fingerprint density at radius 1 is 1.62 bits per heavy atom. The standard InChI is InChI=1S/C10H12N2O4/c1-7-8(4-2-3-5-13)6-11-10(14)9(7)12(15)16/h2,4,6,13H,3,5H2,1H3,(H,11,14). The molecule has 0 amide bonds. The maximum atomic E-state index is 11.2. The second-order valence-electron chi connectivity index (χ2n) is 3.22. The van der Waals surface area contributed by atoms with Gasteiger partial charge in [-0.25, -0.2) is 0 Å². The second kappa shape index (κ2) is 5.22. The molecule has 0 fully saturated rings. The molecule has 1 heterocycles. The molecule has 0 radical (unpaired) electrons. The van der Waals surface area contributed by atoms with Crippen LogP contribution in [0.15, 0.2) is 17.1 Å². The van der Waals surface area contributed by atoms with Crippen molar-refractivity contribution in [2.45, 2.75) is 13.3 Å². The summed E-state index contributed by atoms with van der Waals surface area (Å²) in [6, 6.07) is 0. The molecule has 0 aliphatic rings. The van der Waals surface area contributed by atoms with Crippen molar-refractivity contribution in [3.63, 3.8) is 0 Å². The quantitative estimate of drug-likeness (QED) is 0.588. The highest BCUT2D eigenvalue weighted by Crippen LogP contribution is 2.16. The van der Waals surface area contributed by atoms with Crippen molar-refractivity contribution >= 4 is 11.8 Å². The minimum Gasteiger partial charge on any atom is -0.396 e. The van der Waals surface area contributed by atoms with Crippen LogP contribution in [-0.2, 0) is 0 Å². The minimum absolute atomic E-state index is 0.0149. The predicted molar refractivity (Wildman–Crippen MR) is 59.2 cm³/mol. The lowest BCUT2D eigenvalue weighted by Gasteiger charge is -2.00. The molecule has 16 heavy (non-hydrogen) atoms. The lowest BCUT2D eigenvalue weighted by molar-refractivity contribution is -0.386. The molecule has 86 valence electrons. The number of aromatic amines is 1. The molecule has 0 saturated heterocycles. The Bertz CT molecular complexity index is 476. The Hall–Kier alpha value is -1.95. The van der Waals surface area contributed by atoms with Gasteiger partial charge in [-0.05, 0) is 13.3 Å². The van der Waals surface area contributed by atoms with E-state index in [1.54, 1.807) is 12.2 Å². The van der Waals surface area contributed by atoms with E-state index in [1.807, 2.05) is 0 Å². The van der Waals surface area contributed by atoms with Gasteiger partial charge < -0.3 is 10.1 Å². The first kappa shape index (κ1) is 12.1. The summed E-state index contributed by atoms with van der Waals surface area (Å²) >= 11 is 0. The number of rotatable bonds is 4. The van der Waals surface area contributed by atoms with E-state index >= 15 is 0 Å². The Labute approximate surface area is 91.4 Å². The lowest BCUT2D eigenvalue weighted by Crippen LogP contribution is -2.13. The highest BCUT2D eigenvalue weighted by molar-refractivity contribution is 5.57. The summed E-state index contributed by atoms with van der Waals surface area (Å²) in [7, 11) is 0. The molecular formula is C10H12N2O4. The normalized spacial score (nSPS) is 10.9. The van der Waals surface area contributed by atoms with Gasteiger partial charge in [0.2, 0.25) is 0 Å². The zero-order valence-corrected chi connectivity index (χ0v) is 8.77. The Morgan fingerprint density at radius 3 is 2.88 bits per heavy atom. The van der Waals surface area contributed by atoms with E-state index in [4.69, 9.17) is 5.11 Å². The summed E-state index contributed by atoms with van der Waals surface area (Å²) < 4.78 is 0. The van der Waals surface area contributed by atoms with Crippen LogP contribution < -0.4 is 5.56 Å². The van der Waals surface area contributed by atoms with Crippen LogP contribution in [0.3, 0.4) is 0 Å². The van der Waals surface area contributed by atoms with Gasteiger partial charge >= 0.3 is 11.2 Å². The Kier molecular flexibility index (Phi) is 3.96.